The predicted molar refractivity (Wildman–Crippen MR) is 130 cm³/mol. The van der Waals surface area contributed by atoms with Crippen molar-refractivity contribution in [2.45, 2.75) is 0 Å². The minimum atomic E-state index is -1.17. The molecule has 1 aromatic heterocycles. The van der Waals surface area contributed by atoms with Crippen LogP contribution in [0.15, 0.2) is 63.9 Å². The Labute approximate surface area is 208 Å². The van der Waals surface area contributed by atoms with Crippen LogP contribution >= 0.6 is 23.4 Å². The van der Waals surface area contributed by atoms with Gasteiger partial charge in [-0.25, -0.2) is 4.79 Å². The molecular formula is C24H17ClN2O7S. The Balaban J connectivity index is 1.45. The number of hydrogen-bond donors (Lipinski definition) is 2. The zero-order valence-electron chi connectivity index (χ0n) is 18.1. The maximum Gasteiger partial charge on any atom is 0.337 e. The molecule has 0 atom stereocenters. The third kappa shape index (κ3) is 5.39. The van der Waals surface area contributed by atoms with Crippen molar-refractivity contribution < 1.29 is 33.4 Å². The van der Waals surface area contributed by atoms with E-state index in [-0.39, 0.29) is 21.3 Å². The summed E-state index contributed by atoms with van der Waals surface area (Å²) in [5.74, 6) is -1.07. The Morgan fingerprint density at radius 3 is 2.57 bits per heavy atom. The van der Waals surface area contributed by atoms with Crippen molar-refractivity contribution in [2.24, 2.45) is 0 Å². The summed E-state index contributed by atoms with van der Waals surface area (Å²) in [6, 6.07) is 14.2. The smallest absolute Gasteiger partial charge is 0.337 e. The van der Waals surface area contributed by atoms with E-state index in [9.17, 15) is 24.3 Å². The number of hydrogen-bond acceptors (Lipinski definition) is 7. The molecule has 1 aliphatic rings. The number of aromatic carboxylic acids is 1. The van der Waals surface area contributed by atoms with E-state index in [2.05, 4.69) is 5.32 Å². The molecule has 35 heavy (non-hydrogen) atoms. The average Bonchev–Trinajstić information content (AvgIpc) is 3.40. The fourth-order valence-corrected chi connectivity index (χ4v) is 4.23. The van der Waals surface area contributed by atoms with Crippen molar-refractivity contribution in [1.82, 2.24) is 4.90 Å². The number of amides is 3. The van der Waals surface area contributed by atoms with Gasteiger partial charge in [-0.2, -0.15) is 0 Å². The van der Waals surface area contributed by atoms with Crippen LogP contribution in [0.1, 0.15) is 16.1 Å². The second-order valence-electron chi connectivity index (χ2n) is 7.25. The summed E-state index contributed by atoms with van der Waals surface area (Å²) in [6.45, 7) is -0.444. The first-order chi connectivity index (χ1) is 16.7. The highest BCUT2D eigenvalue weighted by atomic mass is 35.5. The number of carboxylic acid groups (broad SMARTS) is 1. The van der Waals surface area contributed by atoms with E-state index < -0.39 is 29.6 Å². The van der Waals surface area contributed by atoms with Crippen LogP contribution in [0.4, 0.5) is 10.5 Å². The lowest BCUT2D eigenvalue weighted by molar-refractivity contribution is -0.127. The first kappa shape index (κ1) is 24.1. The molecule has 4 rings (SSSR count). The molecule has 3 amide bonds. The molecule has 11 heteroatoms. The van der Waals surface area contributed by atoms with Gasteiger partial charge in [0, 0.05) is 17.3 Å². The summed E-state index contributed by atoms with van der Waals surface area (Å²) in [4.78, 5) is 49.7. The molecule has 2 aromatic carbocycles. The fourth-order valence-electron chi connectivity index (χ4n) is 3.21. The van der Waals surface area contributed by atoms with Gasteiger partial charge in [0.15, 0.2) is 0 Å². The molecule has 1 aliphatic heterocycles. The van der Waals surface area contributed by atoms with E-state index in [1.165, 1.54) is 25.3 Å². The van der Waals surface area contributed by atoms with Crippen molar-refractivity contribution in [3.05, 3.63) is 75.8 Å². The lowest BCUT2D eigenvalue weighted by Crippen LogP contribution is -2.36. The number of halogens is 1. The summed E-state index contributed by atoms with van der Waals surface area (Å²) in [7, 11) is 1.53. The molecule has 0 unspecified atom stereocenters. The van der Waals surface area contributed by atoms with Gasteiger partial charge in [0.1, 0.15) is 23.8 Å². The number of nitrogens with zero attached hydrogens (tertiary/aromatic N) is 1. The van der Waals surface area contributed by atoms with Gasteiger partial charge < -0.3 is 19.6 Å². The molecule has 0 aliphatic carbocycles. The predicted octanol–water partition coefficient (Wildman–Crippen LogP) is 4.98. The number of methoxy groups -OCH3 is 1. The maximum atomic E-state index is 12.7. The number of carboxylic acids is 1. The van der Waals surface area contributed by atoms with E-state index >= 15 is 0 Å². The zero-order valence-corrected chi connectivity index (χ0v) is 19.7. The molecule has 9 nitrogen and oxygen atoms in total. The van der Waals surface area contributed by atoms with Crippen LogP contribution in [0.2, 0.25) is 5.02 Å². The lowest BCUT2D eigenvalue weighted by atomic mass is 10.1. The summed E-state index contributed by atoms with van der Waals surface area (Å²) >= 11 is 6.59. The number of benzene rings is 2. The van der Waals surface area contributed by atoms with E-state index in [1.807, 2.05) is 0 Å². The average molecular weight is 513 g/mol. The van der Waals surface area contributed by atoms with Crippen molar-refractivity contribution in [3.8, 4) is 17.1 Å². The standard InChI is InChI=1S/C24H17ClN2O7S/c1-33-15-5-3-14(4-6-15)26-21(28)12-27-22(29)20(35-24(27)32)11-16-7-9-19(34-16)13-2-8-18(25)17(10-13)23(30)31/h2-11H,12H2,1H3,(H,26,28)(H,30,31)/b20-11+. The normalized spacial score (nSPS) is 14.5. The number of ether oxygens (including phenoxy) is 1. The molecular weight excluding hydrogens is 496 g/mol. The van der Waals surface area contributed by atoms with Gasteiger partial charge in [-0.05, 0) is 66.4 Å². The molecule has 1 fully saturated rings. The van der Waals surface area contributed by atoms with Crippen molar-refractivity contribution in [1.29, 1.82) is 0 Å². The van der Waals surface area contributed by atoms with Crippen LogP contribution < -0.4 is 10.1 Å². The summed E-state index contributed by atoms with van der Waals surface area (Å²) in [6.07, 6.45) is 1.39. The van der Waals surface area contributed by atoms with Gasteiger partial charge in [0.25, 0.3) is 11.1 Å². The Morgan fingerprint density at radius 1 is 1.14 bits per heavy atom. The number of imide groups is 1. The van der Waals surface area contributed by atoms with Gasteiger partial charge in [0.2, 0.25) is 5.91 Å². The molecule has 0 bridgehead atoms. The Kier molecular flexibility index (Phi) is 6.94. The number of furan rings is 1. The second kappa shape index (κ2) is 10.1. The Hall–Kier alpha value is -4.02. The van der Waals surface area contributed by atoms with Crippen LogP contribution in [-0.4, -0.2) is 46.7 Å². The van der Waals surface area contributed by atoms with Crippen LogP contribution in [-0.2, 0) is 9.59 Å². The molecule has 1 saturated heterocycles. The molecule has 3 aromatic rings. The minimum absolute atomic E-state index is 0.0730. The number of anilines is 1. The summed E-state index contributed by atoms with van der Waals surface area (Å²) in [5.41, 5.74) is 0.903. The highest BCUT2D eigenvalue weighted by Gasteiger charge is 2.36. The van der Waals surface area contributed by atoms with Gasteiger partial charge in [-0.3, -0.25) is 19.3 Å². The van der Waals surface area contributed by atoms with Gasteiger partial charge in [-0.15, -0.1) is 0 Å². The molecule has 0 spiro atoms. The number of carbonyl (C=O) groups is 4. The maximum absolute atomic E-state index is 12.7. The lowest BCUT2D eigenvalue weighted by Gasteiger charge is -2.12. The van der Waals surface area contributed by atoms with Crippen LogP contribution in [0.25, 0.3) is 17.4 Å². The molecule has 0 radical (unpaired) electrons. The van der Waals surface area contributed by atoms with Gasteiger partial charge in [0.05, 0.1) is 22.6 Å². The summed E-state index contributed by atoms with van der Waals surface area (Å²) < 4.78 is 10.8. The van der Waals surface area contributed by atoms with Crippen LogP contribution in [0.5, 0.6) is 5.75 Å². The topological polar surface area (TPSA) is 126 Å². The van der Waals surface area contributed by atoms with Crippen molar-refractivity contribution >= 4 is 58.1 Å². The van der Waals surface area contributed by atoms with Crippen molar-refractivity contribution in [3.63, 3.8) is 0 Å². The summed E-state index contributed by atoms with van der Waals surface area (Å²) in [5, 5.41) is 11.4. The quantitative estimate of drug-likeness (QED) is 0.424. The van der Waals surface area contributed by atoms with Gasteiger partial charge >= 0.3 is 5.97 Å². The first-order valence-electron chi connectivity index (χ1n) is 10.1. The SMILES string of the molecule is COc1ccc(NC(=O)CN2C(=O)S/C(=C/c3ccc(-c4ccc(Cl)c(C(=O)O)c4)o3)C2=O)cc1. The monoisotopic (exact) mass is 512 g/mol. The van der Waals surface area contributed by atoms with Crippen molar-refractivity contribution in [2.75, 3.05) is 19.0 Å². The number of thioether (sulfide) groups is 1. The molecule has 178 valence electrons. The number of carbonyl (C=O) groups excluding carboxylic acids is 3. The minimum Gasteiger partial charge on any atom is -0.497 e. The zero-order chi connectivity index (χ0) is 25.1. The van der Waals surface area contributed by atoms with Gasteiger partial charge in [-0.1, -0.05) is 11.6 Å². The molecule has 2 heterocycles. The highest BCUT2D eigenvalue weighted by Crippen LogP contribution is 2.34. The van der Waals surface area contributed by atoms with E-state index in [0.717, 1.165) is 4.90 Å². The van der Waals surface area contributed by atoms with Crippen LogP contribution in [0, 0.1) is 0 Å². The Morgan fingerprint density at radius 2 is 1.89 bits per heavy atom. The fraction of sp³-hybridized carbons (Fsp3) is 0.0833. The third-order valence-corrected chi connectivity index (χ3v) is 6.17. The molecule has 0 saturated carbocycles. The van der Waals surface area contributed by atoms with E-state index in [4.69, 9.17) is 20.8 Å². The number of nitrogens with one attached hydrogen (secondary N) is 1. The second-order valence-corrected chi connectivity index (χ2v) is 8.65. The van der Waals surface area contributed by atoms with E-state index in [0.29, 0.717) is 34.5 Å². The largest absolute Gasteiger partial charge is 0.497 e. The third-order valence-electron chi connectivity index (χ3n) is 4.93. The first-order valence-corrected chi connectivity index (χ1v) is 11.3. The highest BCUT2D eigenvalue weighted by molar-refractivity contribution is 8.18. The number of rotatable bonds is 7. The molecule has 2 N–H and O–H groups in total. The Bertz CT molecular complexity index is 1360. The van der Waals surface area contributed by atoms with E-state index in [1.54, 1.807) is 42.5 Å². The van der Waals surface area contributed by atoms with Crippen LogP contribution in [0.3, 0.4) is 0 Å².